The maximum absolute atomic E-state index is 12.7. The van der Waals surface area contributed by atoms with Crippen LogP contribution in [0.1, 0.15) is 25.3 Å². The second-order valence-corrected chi connectivity index (χ2v) is 3.20. The van der Waals surface area contributed by atoms with Crippen LogP contribution in [0.4, 0.5) is 8.78 Å². The molecule has 0 heterocycles. The van der Waals surface area contributed by atoms with E-state index in [-0.39, 0.29) is 0 Å². The van der Waals surface area contributed by atoms with Crippen LogP contribution >= 0.6 is 0 Å². The van der Waals surface area contributed by atoms with Gasteiger partial charge in [-0.05, 0) is 24.6 Å². The molecule has 1 N–H and O–H groups in total. The van der Waals surface area contributed by atoms with Gasteiger partial charge in [0.2, 0.25) is 0 Å². The van der Waals surface area contributed by atoms with Gasteiger partial charge in [0.1, 0.15) is 6.10 Å². The molecular weight excluding hydrogens is 198 g/mol. The predicted molar refractivity (Wildman–Crippen MR) is 54.2 cm³/mol. The summed E-state index contributed by atoms with van der Waals surface area (Å²) in [4.78, 5) is 0. The van der Waals surface area contributed by atoms with Crippen molar-refractivity contribution in [1.82, 2.24) is 0 Å². The van der Waals surface area contributed by atoms with E-state index in [0.717, 1.165) is 18.6 Å². The van der Waals surface area contributed by atoms with Crippen LogP contribution in [0.2, 0.25) is 0 Å². The third-order valence-electron chi connectivity index (χ3n) is 1.86. The molecule has 0 fully saturated rings. The van der Waals surface area contributed by atoms with Crippen molar-refractivity contribution in [2.45, 2.75) is 25.9 Å². The molecule has 1 nitrogen and oxygen atoms in total. The second kappa shape index (κ2) is 5.47. The Morgan fingerprint density at radius 3 is 2.67 bits per heavy atom. The van der Waals surface area contributed by atoms with Crippen molar-refractivity contribution in [3.63, 3.8) is 0 Å². The lowest BCUT2D eigenvalue weighted by atomic mass is 10.2. The summed E-state index contributed by atoms with van der Waals surface area (Å²) in [5.41, 5.74) is 0.365. The van der Waals surface area contributed by atoms with Gasteiger partial charge in [-0.15, -0.1) is 0 Å². The summed E-state index contributed by atoms with van der Waals surface area (Å²) in [6.45, 7) is 1.93. The first-order chi connectivity index (χ1) is 7.13. The van der Waals surface area contributed by atoms with Crippen LogP contribution in [0, 0.1) is 23.5 Å². The molecule has 1 rings (SSSR count). The minimum Gasteiger partial charge on any atom is -0.380 e. The number of aliphatic hydroxyl groups excluding tert-OH is 1. The minimum absolute atomic E-state index is 0.365. The zero-order valence-electron chi connectivity index (χ0n) is 8.43. The van der Waals surface area contributed by atoms with E-state index in [2.05, 4.69) is 11.8 Å². The maximum Gasteiger partial charge on any atom is 0.160 e. The van der Waals surface area contributed by atoms with E-state index in [0.29, 0.717) is 12.0 Å². The smallest absolute Gasteiger partial charge is 0.160 e. The Morgan fingerprint density at radius 1 is 1.33 bits per heavy atom. The highest BCUT2D eigenvalue weighted by atomic mass is 19.2. The van der Waals surface area contributed by atoms with Gasteiger partial charge < -0.3 is 5.11 Å². The second-order valence-electron chi connectivity index (χ2n) is 3.20. The Bertz CT molecular complexity index is 390. The van der Waals surface area contributed by atoms with E-state index in [9.17, 15) is 13.9 Å². The molecule has 0 amide bonds. The lowest BCUT2D eigenvalue weighted by Crippen LogP contribution is -2.01. The van der Waals surface area contributed by atoms with Gasteiger partial charge in [0.15, 0.2) is 11.6 Å². The Balaban J connectivity index is 2.76. The largest absolute Gasteiger partial charge is 0.380 e. The monoisotopic (exact) mass is 210 g/mol. The quantitative estimate of drug-likeness (QED) is 0.743. The Kier molecular flexibility index (Phi) is 4.26. The summed E-state index contributed by atoms with van der Waals surface area (Å²) in [5, 5.41) is 9.29. The van der Waals surface area contributed by atoms with Crippen molar-refractivity contribution in [2.75, 3.05) is 0 Å². The Morgan fingerprint density at radius 2 is 2.07 bits per heavy atom. The van der Waals surface area contributed by atoms with Crippen molar-refractivity contribution in [3.8, 4) is 11.8 Å². The molecule has 80 valence electrons. The van der Waals surface area contributed by atoms with Crippen molar-refractivity contribution in [2.24, 2.45) is 0 Å². The van der Waals surface area contributed by atoms with Crippen molar-refractivity contribution in [3.05, 3.63) is 35.4 Å². The molecule has 0 spiro atoms. The third-order valence-corrected chi connectivity index (χ3v) is 1.86. The molecule has 0 bridgehead atoms. The van der Waals surface area contributed by atoms with E-state index < -0.39 is 17.7 Å². The molecule has 15 heavy (non-hydrogen) atoms. The SMILES string of the molecule is CCC[C@@H](O)C#Cc1ccc(F)c(F)c1. The molecule has 1 aromatic rings. The standard InChI is InChI=1S/C12H12F2O/c1-2-3-10(15)6-4-9-5-7-11(13)12(14)8-9/h5,7-8,10,15H,2-3H2,1H3/t10-/m1/s1. The highest BCUT2D eigenvalue weighted by Gasteiger charge is 2.00. The van der Waals surface area contributed by atoms with E-state index in [1.165, 1.54) is 6.07 Å². The molecular formula is C12H12F2O. The third kappa shape index (κ3) is 3.69. The normalized spacial score (nSPS) is 11.7. The summed E-state index contributed by atoms with van der Waals surface area (Å²) in [5.74, 6) is 3.34. The average molecular weight is 210 g/mol. The first-order valence-electron chi connectivity index (χ1n) is 4.78. The zero-order valence-corrected chi connectivity index (χ0v) is 8.43. The minimum atomic E-state index is -0.924. The number of rotatable bonds is 2. The van der Waals surface area contributed by atoms with Crippen LogP contribution in [0.5, 0.6) is 0 Å². The number of benzene rings is 1. The molecule has 0 aliphatic heterocycles. The van der Waals surface area contributed by atoms with Gasteiger partial charge >= 0.3 is 0 Å². The summed E-state index contributed by atoms with van der Waals surface area (Å²) < 4.78 is 25.3. The first-order valence-corrected chi connectivity index (χ1v) is 4.78. The molecule has 1 aromatic carbocycles. The maximum atomic E-state index is 12.7. The molecule has 3 heteroatoms. The molecule has 0 saturated heterocycles. The summed E-state index contributed by atoms with van der Waals surface area (Å²) in [6.07, 6.45) is 0.702. The van der Waals surface area contributed by atoms with Crippen LogP contribution in [0.3, 0.4) is 0 Å². The van der Waals surface area contributed by atoms with E-state index in [1.807, 2.05) is 6.92 Å². The molecule has 0 aliphatic carbocycles. The van der Waals surface area contributed by atoms with Gasteiger partial charge in [-0.2, -0.15) is 0 Å². The number of hydrogen-bond acceptors (Lipinski definition) is 1. The van der Waals surface area contributed by atoms with Crippen LogP contribution in [-0.4, -0.2) is 11.2 Å². The summed E-state index contributed by atoms with van der Waals surface area (Å²) in [7, 11) is 0. The molecule has 0 saturated carbocycles. The highest BCUT2D eigenvalue weighted by Crippen LogP contribution is 2.07. The van der Waals surface area contributed by atoms with Crippen molar-refractivity contribution >= 4 is 0 Å². The predicted octanol–water partition coefficient (Wildman–Crippen LogP) is 2.48. The van der Waals surface area contributed by atoms with Crippen LogP contribution in [0.15, 0.2) is 18.2 Å². The summed E-state index contributed by atoms with van der Waals surface area (Å²) in [6, 6.07) is 3.41. The Labute approximate surface area is 87.7 Å². The first kappa shape index (κ1) is 11.7. The van der Waals surface area contributed by atoms with Gasteiger partial charge in [0.25, 0.3) is 0 Å². The number of halogens is 2. The molecule has 0 aromatic heterocycles. The lowest BCUT2D eigenvalue weighted by molar-refractivity contribution is 0.221. The fraction of sp³-hybridized carbons (Fsp3) is 0.333. The molecule has 0 unspecified atom stereocenters. The van der Waals surface area contributed by atoms with Crippen molar-refractivity contribution in [1.29, 1.82) is 0 Å². The van der Waals surface area contributed by atoms with E-state index >= 15 is 0 Å². The summed E-state index contributed by atoms with van der Waals surface area (Å²) >= 11 is 0. The topological polar surface area (TPSA) is 20.2 Å². The van der Waals surface area contributed by atoms with Gasteiger partial charge in [-0.25, -0.2) is 8.78 Å². The molecule has 0 aliphatic rings. The zero-order chi connectivity index (χ0) is 11.3. The van der Waals surface area contributed by atoms with E-state index in [4.69, 9.17) is 0 Å². The van der Waals surface area contributed by atoms with Crippen LogP contribution in [-0.2, 0) is 0 Å². The van der Waals surface area contributed by atoms with Gasteiger partial charge in [0, 0.05) is 5.56 Å². The Hall–Kier alpha value is -1.40. The van der Waals surface area contributed by atoms with Gasteiger partial charge in [0.05, 0.1) is 0 Å². The number of hydrogen-bond donors (Lipinski definition) is 1. The number of aliphatic hydroxyl groups is 1. The van der Waals surface area contributed by atoms with Crippen LogP contribution < -0.4 is 0 Å². The fourth-order valence-corrected chi connectivity index (χ4v) is 1.09. The lowest BCUT2D eigenvalue weighted by Gasteiger charge is -1.98. The molecule has 1 atom stereocenters. The van der Waals surface area contributed by atoms with Gasteiger partial charge in [-0.3, -0.25) is 0 Å². The van der Waals surface area contributed by atoms with E-state index in [1.54, 1.807) is 0 Å². The van der Waals surface area contributed by atoms with Crippen molar-refractivity contribution < 1.29 is 13.9 Å². The van der Waals surface area contributed by atoms with Gasteiger partial charge in [-0.1, -0.05) is 25.2 Å². The van der Waals surface area contributed by atoms with Crippen LogP contribution in [0.25, 0.3) is 0 Å². The molecule has 0 radical (unpaired) electrons. The fourth-order valence-electron chi connectivity index (χ4n) is 1.09. The average Bonchev–Trinajstić information content (AvgIpc) is 2.20. The highest BCUT2D eigenvalue weighted by molar-refractivity contribution is 5.35.